The summed E-state index contributed by atoms with van der Waals surface area (Å²) in [6.45, 7) is 0.698. The van der Waals surface area contributed by atoms with E-state index in [0.29, 0.717) is 13.0 Å². The molecule has 0 aromatic heterocycles. The van der Waals surface area contributed by atoms with Gasteiger partial charge in [-0.2, -0.15) is 0 Å². The van der Waals surface area contributed by atoms with Crippen LogP contribution in [-0.4, -0.2) is 17.8 Å². The van der Waals surface area contributed by atoms with Crippen LogP contribution in [0.25, 0.3) is 0 Å². The van der Waals surface area contributed by atoms with E-state index in [-0.39, 0.29) is 11.7 Å². The third kappa shape index (κ3) is 2.57. The molecule has 1 heterocycles. The molecule has 2 nitrogen and oxygen atoms in total. The fraction of sp³-hybridized carbons (Fsp3) is 0.500. The van der Waals surface area contributed by atoms with Gasteiger partial charge in [-0.15, -0.1) is 0 Å². The number of ether oxygens (including phenoxy) is 1. The van der Waals surface area contributed by atoms with Crippen molar-refractivity contribution in [1.29, 1.82) is 0 Å². The van der Waals surface area contributed by atoms with Crippen molar-refractivity contribution in [1.82, 2.24) is 0 Å². The molecular weight excluding hydrogens is 214 g/mol. The molecule has 2 atom stereocenters. The molecular formula is C12H14F2O2. The predicted molar refractivity (Wildman–Crippen MR) is 54.9 cm³/mol. The lowest BCUT2D eigenvalue weighted by atomic mass is 10.0. The third-order valence-corrected chi connectivity index (χ3v) is 2.83. The van der Waals surface area contributed by atoms with Crippen molar-refractivity contribution in [3.63, 3.8) is 0 Å². The Bertz CT molecular complexity index is 362. The molecule has 16 heavy (non-hydrogen) atoms. The van der Waals surface area contributed by atoms with Gasteiger partial charge in [0.1, 0.15) is 11.6 Å². The van der Waals surface area contributed by atoms with E-state index < -0.39 is 17.7 Å². The molecule has 1 saturated heterocycles. The Morgan fingerprint density at radius 1 is 1.44 bits per heavy atom. The van der Waals surface area contributed by atoms with Gasteiger partial charge in [0.05, 0.1) is 12.2 Å². The molecule has 88 valence electrons. The van der Waals surface area contributed by atoms with Gasteiger partial charge in [0, 0.05) is 24.7 Å². The van der Waals surface area contributed by atoms with E-state index in [1.165, 1.54) is 6.07 Å². The summed E-state index contributed by atoms with van der Waals surface area (Å²) in [5.74, 6) is -1.34. The smallest absolute Gasteiger partial charge is 0.131 e. The molecule has 1 aromatic rings. The van der Waals surface area contributed by atoms with Crippen LogP contribution in [0.1, 0.15) is 30.9 Å². The quantitative estimate of drug-likeness (QED) is 0.861. The first-order chi connectivity index (χ1) is 7.66. The predicted octanol–water partition coefficient (Wildman–Crippen LogP) is 2.57. The average molecular weight is 228 g/mol. The molecule has 1 aliphatic heterocycles. The van der Waals surface area contributed by atoms with Gasteiger partial charge < -0.3 is 9.84 Å². The van der Waals surface area contributed by atoms with Gasteiger partial charge >= 0.3 is 0 Å². The molecule has 2 rings (SSSR count). The van der Waals surface area contributed by atoms with Gasteiger partial charge in [-0.3, -0.25) is 0 Å². The number of aliphatic hydroxyl groups excluding tert-OH is 1. The summed E-state index contributed by atoms with van der Waals surface area (Å²) in [7, 11) is 0. The van der Waals surface area contributed by atoms with Gasteiger partial charge in [-0.1, -0.05) is 6.07 Å². The summed E-state index contributed by atoms with van der Waals surface area (Å²) in [5.41, 5.74) is 0.136. The van der Waals surface area contributed by atoms with Gasteiger partial charge in [0.25, 0.3) is 0 Å². The van der Waals surface area contributed by atoms with Crippen molar-refractivity contribution < 1.29 is 18.6 Å². The summed E-state index contributed by atoms with van der Waals surface area (Å²) in [5, 5.41) is 9.81. The number of hydrogen-bond donors (Lipinski definition) is 1. The maximum atomic E-state index is 13.3. The Morgan fingerprint density at radius 2 is 2.25 bits per heavy atom. The second kappa shape index (κ2) is 4.89. The Hall–Kier alpha value is -1.00. The van der Waals surface area contributed by atoms with E-state index >= 15 is 0 Å². The maximum Gasteiger partial charge on any atom is 0.131 e. The number of benzene rings is 1. The summed E-state index contributed by atoms with van der Waals surface area (Å²) in [4.78, 5) is 0. The molecule has 0 aliphatic carbocycles. The zero-order valence-corrected chi connectivity index (χ0v) is 8.83. The highest BCUT2D eigenvalue weighted by Gasteiger charge is 2.22. The van der Waals surface area contributed by atoms with Crippen molar-refractivity contribution >= 4 is 0 Å². The van der Waals surface area contributed by atoms with Gasteiger partial charge in [0.2, 0.25) is 0 Å². The molecule has 2 unspecified atom stereocenters. The van der Waals surface area contributed by atoms with Crippen LogP contribution >= 0.6 is 0 Å². The lowest BCUT2D eigenvalue weighted by Crippen LogP contribution is -2.12. The zero-order valence-electron chi connectivity index (χ0n) is 8.83. The van der Waals surface area contributed by atoms with Crippen molar-refractivity contribution in [2.75, 3.05) is 6.61 Å². The second-order valence-electron chi connectivity index (χ2n) is 4.05. The molecule has 1 N–H and O–H groups in total. The maximum absolute atomic E-state index is 13.3. The first-order valence-corrected chi connectivity index (χ1v) is 5.41. The van der Waals surface area contributed by atoms with Crippen LogP contribution in [0.5, 0.6) is 0 Å². The highest BCUT2D eigenvalue weighted by molar-refractivity contribution is 5.21. The largest absolute Gasteiger partial charge is 0.388 e. The normalized spacial score (nSPS) is 22.3. The molecule has 0 spiro atoms. The Kier molecular flexibility index (Phi) is 3.51. The monoisotopic (exact) mass is 228 g/mol. The van der Waals surface area contributed by atoms with Gasteiger partial charge in [-0.05, 0) is 18.9 Å². The van der Waals surface area contributed by atoms with Crippen LogP contribution in [0.2, 0.25) is 0 Å². The van der Waals surface area contributed by atoms with Crippen molar-refractivity contribution in [3.8, 4) is 0 Å². The number of rotatable bonds is 3. The molecule has 1 aliphatic rings. The van der Waals surface area contributed by atoms with Gasteiger partial charge in [-0.25, -0.2) is 8.78 Å². The Morgan fingerprint density at radius 3 is 2.88 bits per heavy atom. The third-order valence-electron chi connectivity index (χ3n) is 2.83. The average Bonchev–Trinajstić information content (AvgIpc) is 2.70. The number of aliphatic hydroxyl groups is 1. The summed E-state index contributed by atoms with van der Waals surface area (Å²) in [6.07, 6.45) is 1.29. The highest BCUT2D eigenvalue weighted by Crippen LogP contribution is 2.26. The van der Waals surface area contributed by atoms with Crippen molar-refractivity contribution in [2.24, 2.45) is 0 Å². The molecule has 1 fully saturated rings. The number of hydrogen-bond acceptors (Lipinski definition) is 2. The van der Waals surface area contributed by atoms with E-state index in [9.17, 15) is 13.9 Å². The fourth-order valence-electron chi connectivity index (χ4n) is 1.98. The summed E-state index contributed by atoms with van der Waals surface area (Å²) in [6, 6.07) is 3.22. The zero-order chi connectivity index (χ0) is 11.5. The van der Waals surface area contributed by atoms with E-state index in [0.717, 1.165) is 25.0 Å². The van der Waals surface area contributed by atoms with E-state index in [4.69, 9.17) is 4.74 Å². The van der Waals surface area contributed by atoms with Crippen molar-refractivity contribution in [2.45, 2.75) is 31.5 Å². The molecule has 0 radical (unpaired) electrons. The Labute approximate surface area is 92.9 Å². The van der Waals surface area contributed by atoms with E-state index in [1.54, 1.807) is 0 Å². The molecule has 0 bridgehead atoms. The van der Waals surface area contributed by atoms with Gasteiger partial charge in [0.15, 0.2) is 0 Å². The lowest BCUT2D eigenvalue weighted by Gasteiger charge is -2.16. The van der Waals surface area contributed by atoms with Crippen LogP contribution in [0, 0.1) is 11.6 Å². The summed E-state index contributed by atoms with van der Waals surface area (Å²) < 4.78 is 31.4. The van der Waals surface area contributed by atoms with Crippen LogP contribution in [0.4, 0.5) is 8.78 Å². The van der Waals surface area contributed by atoms with E-state index in [1.807, 2.05) is 0 Å². The molecule has 4 heteroatoms. The number of halogens is 2. The molecule has 1 aromatic carbocycles. The SMILES string of the molecule is OC(CC1CCCO1)c1ccc(F)cc1F. The van der Waals surface area contributed by atoms with Crippen molar-refractivity contribution in [3.05, 3.63) is 35.4 Å². The minimum absolute atomic E-state index is 0.0144. The summed E-state index contributed by atoms with van der Waals surface area (Å²) >= 11 is 0. The van der Waals surface area contributed by atoms with Crippen LogP contribution in [0.15, 0.2) is 18.2 Å². The van der Waals surface area contributed by atoms with E-state index in [2.05, 4.69) is 0 Å². The lowest BCUT2D eigenvalue weighted by molar-refractivity contribution is 0.0521. The highest BCUT2D eigenvalue weighted by atomic mass is 19.1. The standard InChI is InChI=1S/C12H14F2O2/c13-8-3-4-10(11(14)6-8)12(15)7-9-2-1-5-16-9/h3-4,6,9,12,15H,1-2,5,7H2. The fourth-order valence-corrected chi connectivity index (χ4v) is 1.98. The van der Waals surface area contributed by atoms with Crippen LogP contribution in [0.3, 0.4) is 0 Å². The van der Waals surface area contributed by atoms with Crippen LogP contribution < -0.4 is 0 Å². The Balaban J connectivity index is 2.04. The molecule has 0 amide bonds. The minimum Gasteiger partial charge on any atom is -0.388 e. The first kappa shape index (κ1) is 11.5. The van der Waals surface area contributed by atoms with Crippen LogP contribution in [-0.2, 0) is 4.74 Å². The minimum atomic E-state index is -0.927. The first-order valence-electron chi connectivity index (χ1n) is 5.41. The topological polar surface area (TPSA) is 29.5 Å². The second-order valence-corrected chi connectivity index (χ2v) is 4.05. The molecule has 0 saturated carbocycles.